The molecule has 5 heteroatoms. The molecule has 0 radical (unpaired) electrons. The number of nitrogens with one attached hydrogen (secondary N) is 1. The molecule has 0 bridgehead atoms. The fraction of sp³-hybridized carbons (Fsp3) is 0.800. The summed E-state index contributed by atoms with van der Waals surface area (Å²) in [6, 6.07) is 0.299. The minimum Gasteiger partial charge on any atom is -0.481 e. The summed E-state index contributed by atoms with van der Waals surface area (Å²) >= 11 is 5.23. The van der Waals surface area contributed by atoms with E-state index >= 15 is 0 Å². The molecule has 1 heterocycles. The molecule has 86 valence electrons. The summed E-state index contributed by atoms with van der Waals surface area (Å²) in [4.78, 5) is 12.4. The Morgan fingerprint density at radius 1 is 1.73 bits per heavy atom. The van der Waals surface area contributed by atoms with Gasteiger partial charge in [0.05, 0.1) is 6.42 Å². The second-order valence-electron chi connectivity index (χ2n) is 4.70. The van der Waals surface area contributed by atoms with Gasteiger partial charge in [-0.15, -0.1) is 0 Å². The van der Waals surface area contributed by atoms with Gasteiger partial charge in [0.15, 0.2) is 5.11 Å². The maximum atomic E-state index is 10.5. The lowest BCUT2D eigenvalue weighted by atomic mass is 9.93. The number of nitrogens with zero attached hydrogens (tertiary/aromatic N) is 1. The third-order valence-corrected chi connectivity index (χ3v) is 2.95. The van der Waals surface area contributed by atoms with Crippen molar-refractivity contribution in [1.29, 1.82) is 0 Å². The van der Waals surface area contributed by atoms with Crippen LogP contribution in [-0.4, -0.2) is 39.2 Å². The zero-order valence-corrected chi connectivity index (χ0v) is 10.2. The topological polar surface area (TPSA) is 52.6 Å². The second kappa shape index (κ2) is 4.35. The smallest absolute Gasteiger partial charge is 0.305 e. The van der Waals surface area contributed by atoms with Crippen LogP contribution < -0.4 is 5.32 Å². The first-order chi connectivity index (χ1) is 6.82. The SMILES string of the molecule is C[C@H]1CC(C)(C)NC(=S)N1CCC(=O)O. The van der Waals surface area contributed by atoms with Crippen LogP contribution in [0, 0.1) is 0 Å². The van der Waals surface area contributed by atoms with E-state index in [9.17, 15) is 4.79 Å². The van der Waals surface area contributed by atoms with Crippen LogP contribution in [0.25, 0.3) is 0 Å². The number of rotatable bonds is 3. The Kier molecular flexibility index (Phi) is 3.54. The van der Waals surface area contributed by atoms with Gasteiger partial charge in [-0.2, -0.15) is 0 Å². The Bertz CT molecular complexity index is 279. The monoisotopic (exact) mass is 230 g/mol. The molecule has 1 aliphatic heterocycles. The highest BCUT2D eigenvalue weighted by atomic mass is 32.1. The first kappa shape index (κ1) is 12.2. The van der Waals surface area contributed by atoms with Crippen molar-refractivity contribution in [2.45, 2.75) is 45.2 Å². The predicted octanol–water partition coefficient (Wildman–Crippen LogP) is 1.21. The van der Waals surface area contributed by atoms with E-state index in [1.807, 2.05) is 4.90 Å². The molecule has 0 amide bonds. The highest BCUT2D eigenvalue weighted by Crippen LogP contribution is 2.21. The summed E-state index contributed by atoms with van der Waals surface area (Å²) in [5.41, 5.74) is 0.0101. The minimum atomic E-state index is -0.783. The van der Waals surface area contributed by atoms with Crippen LogP contribution in [-0.2, 0) is 4.79 Å². The first-order valence-electron chi connectivity index (χ1n) is 5.12. The normalized spacial score (nSPS) is 24.9. The molecule has 4 nitrogen and oxygen atoms in total. The third kappa shape index (κ3) is 3.34. The van der Waals surface area contributed by atoms with Crippen LogP contribution in [0.5, 0.6) is 0 Å². The molecule has 1 fully saturated rings. The molecule has 0 saturated carbocycles. The van der Waals surface area contributed by atoms with Crippen LogP contribution in [0.3, 0.4) is 0 Å². The number of hydrogen-bond donors (Lipinski definition) is 2. The van der Waals surface area contributed by atoms with Gasteiger partial charge >= 0.3 is 5.97 Å². The second-order valence-corrected chi connectivity index (χ2v) is 5.09. The molecule has 1 aliphatic rings. The lowest BCUT2D eigenvalue weighted by Crippen LogP contribution is -2.60. The largest absolute Gasteiger partial charge is 0.481 e. The highest BCUT2D eigenvalue weighted by Gasteiger charge is 2.32. The molecule has 1 rings (SSSR count). The third-order valence-electron chi connectivity index (χ3n) is 2.61. The summed E-state index contributed by atoms with van der Waals surface area (Å²) in [6.07, 6.45) is 1.10. The summed E-state index contributed by atoms with van der Waals surface area (Å²) in [6.45, 7) is 6.77. The highest BCUT2D eigenvalue weighted by molar-refractivity contribution is 7.80. The van der Waals surface area contributed by atoms with Gasteiger partial charge in [0.25, 0.3) is 0 Å². The van der Waals surface area contributed by atoms with E-state index in [0.717, 1.165) is 6.42 Å². The zero-order chi connectivity index (χ0) is 11.6. The zero-order valence-electron chi connectivity index (χ0n) is 9.41. The number of thiocarbonyl (C=S) groups is 1. The molecule has 1 atom stereocenters. The molecular formula is C10H18N2O2S. The van der Waals surface area contributed by atoms with E-state index in [-0.39, 0.29) is 12.0 Å². The average Bonchev–Trinajstić information content (AvgIpc) is 1.98. The lowest BCUT2D eigenvalue weighted by Gasteiger charge is -2.44. The number of carboxylic acid groups (broad SMARTS) is 1. The van der Waals surface area contributed by atoms with E-state index in [1.165, 1.54) is 0 Å². The van der Waals surface area contributed by atoms with E-state index in [4.69, 9.17) is 17.3 Å². The molecule has 0 aromatic rings. The van der Waals surface area contributed by atoms with E-state index in [0.29, 0.717) is 17.7 Å². The maximum absolute atomic E-state index is 10.5. The van der Waals surface area contributed by atoms with Crippen molar-refractivity contribution in [1.82, 2.24) is 10.2 Å². The predicted molar refractivity (Wildman–Crippen MR) is 62.9 cm³/mol. The lowest BCUT2D eigenvalue weighted by molar-refractivity contribution is -0.137. The van der Waals surface area contributed by atoms with Crippen LogP contribution in [0.2, 0.25) is 0 Å². The Morgan fingerprint density at radius 2 is 2.33 bits per heavy atom. The van der Waals surface area contributed by atoms with Crippen molar-refractivity contribution in [2.24, 2.45) is 0 Å². The summed E-state index contributed by atoms with van der Waals surface area (Å²) < 4.78 is 0. The molecule has 0 unspecified atom stereocenters. The summed E-state index contributed by atoms with van der Waals surface area (Å²) in [5, 5.41) is 12.5. The average molecular weight is 230 g/mol. The molecule has 15 heavy (non-hydrogen) atoms. The van der Waals surface area contributed by atoms with Crippen LogP contribution in [0.1, 0.15) is 33.6 Å². The Balaban J connectivity index is 2.59. The minimum absolute atomic E-state index is 0.0101. The quantitative estimate of drug-likeness (QED) is 0.714. The van der Waals surface area contributed by atoms with E-state index in [2.05, 4.69) is 26.1 Å². The molecule has 1 saturated heterocycles. The van der Waals surface area contributed by atoms with Crippen molar-refractivity contribution in [3.05, 3.63) is 0 Å². The fourth-order valence-electron chi connectivity index (χ4n) is 2.00. The number of hydrogen-bond acceptors (Lipinski definition) is 2. The van der Waals surface area contributed by atoms with Crippen LogP contribution >= 0.6 is 12.2 Å². The van der Waals surface area contributed by atoms with Gasteiger partial charge in [-0.1, -0.05) is 0 Å². The van der Waals surface area contributed by atoms with E-state index < -0.39 is 5.97 Å². The molecule has 0 aromatic heterocycles. The number of carboxylic acids is 1. The number of aliphatic carboxylic acids is 1. The van der Waals surface area contributed by atoms with Crippen molar-refractivity contribution < 1.29 is 9.90 Å². The van der Waals surface area contributed by atoms with Gasteiger partial charge in [0.1, 0.15) is 0 Å². The van der Waals surface area contributed by atoms with Gasteiger partial charge < -0.3 is 15.3 Å². The standard InChI is InChI=1S/C10H18N2O2S/c1-7-6-10(2,3)11-9(15)12(7)5-4-8(13)14/h7H,4-6H2,1-3H3,(H,11,15)(H,13,14)/t7-/m0/s1. The molecular weight excluding hydrogens is 212 g/mol. The van der Waals surface area contributed by atoms with Crippen molar-refractivity contribution in [3.63, 3.8) is 0 Å². The van der Waals surface area contributed by atoms with Crippen molar-refractivity contribution >= 4 is 23.3 Å². The summed E-state index contributed by atoms with van der Waals surface area (Å²) in [7, 11) is 0. The molecule has 0 spiro atoms. The number of carbonyl (C=O) groups is 1. The van der Waals surface area contributed by atoms with E-state index in [1.54, 1.807) is 0 Å². The van der Waals surface area contributed by atoms with Gasteiger partial charge in [0, 0.05) is 18.1 Å². The van der Waals surface area contributed by atoms with Gasteiger partial charge in [-0.3, -0.25) is 4.79 Å². The molecule has 2 N–H and O–H groups in total. The fourth-order valence-corrected chi connectivity index (χ4v) is 2.55. The Hall–Kier alpha value is -0.840. The van der Waals surface area contributed by atoms with Crippen LogP contribution in [0.4, 0.5) is 0 Å². The van der Waals surface area contributed by atoms with Crippen LogP contribution in [0.15, 0.2) is 0 Å². The van der Waals surface area contributed by atoms with Gasteiger partial charge in [0.2, 0.25) is 0 Å². The Labute approximate surface area is 95.6 Å². The molecule has 0 aliphatic carbocycles. The maximum Gasteiger partial charge on any atom is 0.305 e. The first-order valence-corrected chi connectivity index (χ1v) is 5.53. The molecule has 0 aromatic carbocycles. The van der Waals surface area contributed by atoms with Gasteiger partial charge in [-0.05, 0) is 39.4 Å². The van der Waals surface area contributed by atoms with Crippen molar-refractivity contribution in [3.8, 4) is 0 Å². The Morgan fingerprint density at radius 3 is 2.80 bits per heavy atom. The van der Waals surface area contributed by atoms with Crippen molar-refractivity contribution in [2.75, 3.05) is 6.54 Å². The van der Waals surface area contributed by atoms with Gasteiger partial charge in [-0.25, -0.2) is 0 Å². The summed E-state index contributed by atoms with van der Waals surface area (Å²) in [5.74, 6) is -0.783.